The Bertz CT molecular complexity index is 570. The molecule has 0 aromatic heterocycles. The highest BCUT2D eigenvalue weighted by Gasteiger charge is 2.24. The zero-order valence-electron chi connectivity index (χ0n) is 10.00. The SMILES string of the molecule is [C-]#[N+]C(C(=O)OCC)=C1CCc2cc(F)ccc21. The lowest BCUT2D eigenvalue weighted by atomic mass is 10.1. The van der Waals surface area contributed by atoms with Crippen LogP contribution in [0.5, 0.6) is 0 Å². The fraction of sp³-hybridized carbons (Fsp3) is 0.286. The van der Waals surface area contributed by atoms with Crippen molar-refractivity contribution in [3.05, 3.63) is 52.3 Å². The second kappa shape index (κ2) is 5.01. The Labute approximate surface area is 105 Å². The van der Waals surface area contributed by atoms with Gasteiger partial charge < -0.3 is 4.74 Å². The Kier molecular flexibility index (Phi) is 3.42. The minimum Gasteiger partial charge on any atom is -0.471 e. The number of esters is 1. The number of benzene rings is 1. The third-order valence-corrected chi connectivity index (χ3v) is 2.90. The zero-order valence-corrected chi connectivity index (χ0v) is 10.00. The Morgan fingerprint density at radius 3 is 2.94 bits per heavy atom. The van der Waals surface area contributed by atoms with Gasteiger partial charge in [0.2, 0.25) is 0 Å². The molecule has 0 spiro atoms. The number of hydrogen-bond donors (Lipinski definition) is 0. The molecule has 0 N–H and O–H groups in total. The van der Waals surface area contributed by atoms with Crippen molar-refractivity contribution in [2.24, 2.45) is 0 Å². The maximum Gasteiger partial charge on any atom is 0.336 e. The number of nitrogens with zero attached hydrogens (tertiary/aromatic N) is 1. The third kappa shape index (κ3) is 2.12. The van der Waals surface area contributed by atoms with Gasteiger partial charge in [0.05, 0.1) is 13.2 Å². The lowest BCUT2D eigenvalue weighted by molar-refractivity contribution is -0.138. The van der Waals surface area contributed by atoms with E-state index >= 15 is 0 Å². The van der Waals surface area contributed by atoms with Crippen LogP contribution < -0.4 is 0 Å². The van der Waals surface area contributed by atoms with Crippen LogP contribution in [0.15, 0.2) is 23.9 Å². The van der Waals surface area contributed by atoms with Crippen molar-refractivity contribution in [1.29, 1.82) is 0 Å². The lowest BCUT2D eigenvalue weighted by Crippen LogP contribution is -2.06. The van der Waals surface area contributed by atoms with Gasteiger partial charge in [-0.3, -0.25) is 4.79 Å². The Morgan fingerprint density at radius 1 is 1.50 bits per heavy atom. The van der Waals surface area contributed by atoms with E-state index in [9.17, 15) is 9.18 Å². The number of halogens is 1. The monoisotopic (exact) mass is 245 g/mol. The van der Waals surface area contributed by atoms with Crippen molar-refractivity contribution < 1.29 is 13.9 Å². The molecule has 1 aliphatic carbocycles. The van der Waals surface area contributed by atoms with Gasteiger partial charge in [-0.15, -0.1) is 0 Å². The van der Waals surface area contributed by atoms with E-state index in [1.807, 2.05) is 0 Å². The first-order valence-corrected chi connectivity index (χ1v) is 5.74. The molecule has 0 unspecified atom stereocenters. The van der Waals surface area contributed by atoms with Gasteiger partial charge in [-0.25, -0.2) is 9.24 Å². The third-order valence-electron chi connectivity index (χ3n) is 2.90. The van der Waals surface area contributed by atoms with Gasteiger partial charge in [-0.2, -0.15) is 0 Å². The Balaban J connectivity index is 2.48. The lowest BCUT2D eigenvalue weighted by Gasteiger charge is -2.05. The van der Waals surface area contributed by atoms with Gasteiger partial charge in [0.1, 0.15) is 5.82 Å². The van der Waals surface area contributed by atoms with Crippen molar-refractivity contribution in [1.82, 2.24) is 0 Å². The Morgan fingerprint density at radius 2 is 2.28 bits per heavy atom. The van der Waals surface area contributed by atoms with E-state index in [0.717, 1.165) is 11.1 Å². The fourth-order valence-corrected chi connectivity index (χ4v) is 2.14. The molecule has 0 aliphatic heterocycles. The van der Waals surface area contributed by atoms with Crippen LogP contribution in [0.4, 0.5) is 4.39 Å². The summed E-state index contributed by atoms with van der Waals surface area (Å²) in [5, 5.41) is 0. The van der Waals surface area contributed by atoms with E-state index < -0.39 is 5.97 Å². The molecule has 1 aliphatic rings. The van der Waals surface area contributed by atoms with Gasteiger partial charge in [-0.1, -0.05) is 6.07 Å². The molecule has 0 atom stereocenters. The molecule has 18 heavy (non-hydrogen) atoms. The molecule has 4 heteroatoms. The maximum atomic E-state index is 13.1. The van der Waals surface area contributed by atoms with Crippen LogP contribution in [0, 0.1) is 12.4 Å². The van der Waals surface area contributed by atoms with Crippen molar-refractivity contribution in [2.75, 3.05) is 6.61 Å². The summed E-state index contributed by atoms with van der Waals surface area (Å²) in [5.74, 6) is -0.893. The van der Waals surface area contributed by atoms with Gasteiger partial charge in [-0.05, 0) is 48.6 Å². The average molecular weight is 245 g/mol. The quantitative estimate of drug-likeness (QED) is 0.455. The summed E-state index contributed by atoms with van der Waals surface area (Å²) in [6.07, 6.45) is 1.23. The number of rotatable bonds is 2. The Hall–Kier alpha value is -2.15. The summed E-state index contributed by atoms with van der Waals surface area (Å²) in [6, 6.07) is 4.42. The van der Waals surface area contributed by atoms with Crippen molar-refractivity contribution in [3.8, 4) is 0 Å². The number of carbonyl (C=O) groups excluding carboxylic acids is 1. The smallest absolute Gasteiger partial charge is 0.336 e. The molecule has 0 amide bonds. The number of allylic oxidation sites excluding steroid dienone is 1. The summed E-state index contributed by atoms with van der Waals surface area (Å²) in [6.45, 7) is 9.04. The summed E-state index contributed by atoms with van der Waals surface area (Å²) < 4.78 is 17.9. The molecular formula is C14H12FNO2. The minimum atomic E-state index is -0.598. The van der Waals surface area contributed by atoms with Crippen LogP contribution in [0.1, 0.15) is 24.5 Å². The van der Waals surface area contributed by atoms with E-state index in [2.05, 4.69) is 4.85 Å². The van der Waals surface area contributed by atoms with Gasteiger partial charge in [0.25, 0.3) is 5.70 Å². The highest BCUT2D eigenvalue weighted by atomic mass is 19.1. The zero-order chi connectivity index (χ0) is 13.1. The standard InChI is InChI=1S/C14H12FNO2/c1-3-18-14(17)13(16-2)12-6-4-9-8-10(15)5-7-11(9)12/h5,7-8H,3-4,6H2,1H3. The van der Waals surface area contributed by atoms with Crippen molar-refractivity contribution in [2.45, 2.75) is 19.8 Å². The normalized spacial score (nSPS) is 15.8. The molecule has 92 valence electrons. The van der Waals surface area contributed by atoms with Gasteiger partial charge in [0, 0.05) is 0 Å². The largest absolute Gasteiger partial charge is 0.471 e. The summed E-state index contributed by atoms with van der Waals surface area (Å²) in [7, 11) is 0. The molecule has 0 saturated heterocycles. The highest BCUT2D eigenvalue weighted by molar-refractivity contribution is 6.00. The van der Waals surface area contributed by atoms with Crippen molar-refractivity contribution in [3.63, 3.8) is 0 Å². The molecule has 0 fully saturated rings. The predicted molar refractivity (Wildman–Crippen MR) is 64.9 cm³/mol. The van der Waals surface area contributed by atoms with Gasteiger partial charge in [0.15, 0.2) is 0 Å². The first kappa shape index (κ1) is 12.3. The fourth-order valence-electron chi connectivity index (χ4n) is 2.14. The van der Waals surface area contributed by atoms with E-state index in [4.69, 9.17) is 11.3 Å². The molecule has 2 rings (SSSR count). The van der Waals surface area contributed by atoms with Crippen LogP contribution >= 0.6 is 0 Å². The number of aryl methyl sites for hydroxylation is 1. The highest BCUT2D eigenvalue weighted by Crippen LogP contribution is 2.35. The van der Waals surface area contributed by atoms with Gasteiger partial charge >= 0.3 is 5.97 Å². The van der Waals surface area contributed by atoms with Crippen LogP contribution in [-0.2, 0) is 16.0 Å². The number of carbonyl (C=O) groups is 1. The van der Waals surface area contributed by atoms with Crippen LogP contribution in [-0.4, -0.2) is 12.6 Å². The average Bonchev–Trinajstić information content (AvgIpc) is 2.73. The molecule has 1 aromatic carbocycles. The number of fused-ring (bicyclic) bond motifs is 1. The van der Waals surface area contributed by atoms with E-state index in [1.54, 1.807) is 13.0 Å². The topological polar surface area (TPSA) is 30.7 Å². The van der Waals surface area contributed by atoms with E-state index in [0.29, 0.717) is 18.4 Å². The summed E-state index contributed by atoms with van der Waals surface area (Å²) >= 11 is 0. The number of hydrogen-bond acceptors (Lipinski definition) is 2. The van der Waals surface area contributed by atoms with Crippen molar-refractivity contribution >= 4 is 11.5 Å². The molecule has 1 aromatic rings. The molecule has 0 bridgehead atoms. The molecule has 0 saturated carbocycles. The minimum absolute atomic E-state index is 0.0159. The molecule has 3 nitrogen and oxygen atoms in total. The van der Waals surface area contributed by atoms with E-state index in [1.165, 1.54) is 12.1 Å². The molecule has 0 radical (unpaired) electrons. The first-order chi connectivity index (χ1) is 8.67. The summed E-state index contributed by atoms with van der Waals surface area (Å²) in [4.78, 5) is 14.9. The van der Waals surface area contributed by atoms with Crippen LogP contribution in [0.2, 0.25) is 0 Å². The molecular weight excluding hydrogens is 233 g/mol. The molecule has 0 heterocycles. The van der Waals surface area contributed by atoms with Crippen LogP contribution in [0.25, 0.3) is 10.4 Å². The maximum absolute atomic E-state index is 13.1. The number of ether oxygens (including phenoxy) is 1. The second-order valence-corrected chi connectivity index (χ2v) is 3.96. The van der Waals surface area contributed by atoms with Crippen LogP contribution in [0.3, 0.4) is 0 Å². The summed E-state index contributed by atoms with van der Waals surface area (Å²) in [5.41, 5.74) is 2.31. The second-order valence-electron chi connectivity index (χ2n) is 3.96. The first-order valence-electron chi connectivity index (χ1n) is 5.74. The van der Waals surface area contributed by atoms with E-state index in [-0.39, 0.29) is 18.1 Å². The predicted octanol–water partition coefficient (Wildman–Crippen LogP) is 2.97.